The SMILES string of the molecule is CCC1(C(=O)O)CCCN(C(=O)C2CC3CCC2C3)C1. The van der Waals surface area contributed by atoms with Gasteiger partial charge in [0.15, 0.2) is 0 Å². The third kappa shape index (κ3) is 2.13. The van der Waals surface area contributed by atoms with Gasteiger partial charge in [0.05, 0.1) is 5.41 Å². The van der Waals surface area contributed by atoms with Gasteiger partial charge in [-0.15, -0.1) is 0 Å². The number of likely N-dealkylation sites (tertiary alicyclic amines) is 1. The fourth-order valence-electron chi connectivity index (χ4n) is 4.72. The first-order valence-electron chi connectivity index (χ1n) is 8.08. The van der Waals surface area contributed by atoms with E-state index in [2.05, 4.69) is 0 Å². The Kier molecular flexibility index (Phi) is 3.51. The smallest absolute Gasteiger partial charge is 0.311 e. The number of aliphatic carboxylic acids is 1. The van der Waals surface area contributed by atoms with Crippen LogP contribution in [0.2, 0.25) is 0 Å². The van der Waals surface area contributed by atoms with Gasteiger partial charge in [0.1, 0.15) is 0 Å². The zero-order valence-electron chi connectivity index (χ0n) is 12.3. The molecule has 1 saturated heterocycles. The summed E-state index contributed by atoms with van der Waals surface area (Å²) >= 11 is 0. The van der Waals surface area contributed by atoms with E-state index in [1.807, 2.05) is 11.8 Å². The van der Waals surface area contributed by atoms with E-state index in [-0.39, 0.29) is 11.8 Å². The van der Waals surface area contributed by atoms with Gasteiger partial charge >= 0.3 is 5.97 Å². The molecule has 1 aliphatic heterocycles. The van der Waals surface area contributed by atoms with Gasteiger partial charge in [-0.05, 0) is 50.4 Å². The maximum Gasteiger partial charge on any atom is 0.311 e. The molecule has 20 heavy (non-hydrogen) atoms. The highest BCUT2D eigenvalue weighted by Crippen LogP contribution is 2.49. The molecule has 4 atom stereocenters. The van der Waals surface area contributed by atoms with Crippen LogP contribution >= 0.6 is 0 Å². The highest BCUT2D eigenvalue weighted by molar-refractivity contribution is 5.82. The minimum atomic E-state index is -0.731. The Hall–Kier alpha value is -1.06. The van der Waals surface area contributed by atoms with Crippen LogP contribution in [0.3, 0.4) is 0 Å². The number of rotatable bonds is 3. The number of hydrogen-bond acceptors (Lipinski definition) is 2. The number of amides is 1. The number of fused-ring (bicyclic) bond motifs is 2. The molecule has 3 aliphatic rings. The highest BCUT2D eigenvalue weighted by atomic mass is 16.4. The van der Waals surface area contributed by atoms with E-state index in [1.54, 1.807) is 0 Å². The minimum absolute atomic E-state index is 0.190. The van der Waals surface area contributed by atoms with Gasteiger partial charge in [0.2, 0.25) is 5.91 Å². The number of hydrogen-bond donors (Lipinski definition) is 1. The Morgan fingerprint density at radius 3 is 2.65 bits per heavy atom. The second kappa shape index (κ2) is 5.05. The summed E-state index contributed by atoms with van der Waals surface area (Å²) in [4.78, 5) is 26.2. The molecule has 3 rings (SSSR count). The van der Waals surface area contributed by atoms with E-state index in [9.17, 15) is 14.7 Å². The van der Waals surface area contributed by atoms with Crippen LogP contribution in [0.15, 0.2) is 0 Å². The summed E-state index contributed by atoms with van der Waals surface area (Å²) in [6, 6.07) is 0. The lowest BCUT2D eigenvalue weighted by Gasteiger charge is -2.41. The number of carboxylic acids is 1. The molecule has 4 unspecified atom stereocenters. The van der Waals surface area contributed by atoms with Crippen molar-refractivity contribution in [3.05, 3.63) is 0 Å². The zero-order valence-corrected chi connectivity index (χ0v) is 12.3. The fraction of sp³-hybridized carbons (Fsp3) is 0.875. The predicted octanol–water partition coefficient (Wildman–Crippen LogP) is 2.53. The number of carbonyl (C=O) groups excluding carboxylic acids is 1. The van der Waals surface area contributed by atoms with Gasteiger partial charge in [0, 0.05) is 19.0 Å². The van der Waals surface area contributed by atoms with Crippen molar-refractivity contribution < 1.29 is 14.7 Å². The second-order valence-electron chi connectivity index (χ2n) is 7.08. The van der Waals surface area contributed by atoms with Gasteiger partial charge in [-0.2, -0.15) is 0 Å². The summed E-state index contributed by atoms with van der Waals surface area (Å²) in [5.41, 5.74) is -0.703. The van der Waals surface area contributed by atoms with Gasteiger partial charge < -0.3 is 10.0 Å². The van der Waals surface area contributed by atoms with Crippen LogP contribution in [-0.4, -0.2) is 35.0 Å². The van der Waals surface area contributed by atoms with E-state index in [0.29, 0.717) is 25.3 Å². The summed E-state index contributed by atoms with van der Waals surface area (Å²) in [6.45, 7) is 3.10. The maximum atomic E-state index is 12.7. The van der Waals surface area contributed by atoms with Crippen LogP contribution in [0.25, 0.3) is 0 Å². The molecule has 0 aromatic heterocycles. The first kappa shape index (κ1) is 13.9. The van der Waals surface area contributed by atoms with Crippen molar-refractivity contribution in [3.63, 3.8) is 0 Å². The quantitative estimate of drug-likeness (QED) is 0.863. The third-order valence-corrected chi connectivity index (χ3v) is 6.07. The first-order chi connectivity index (χ1) is 9.55. The van der Waals surface area contributed by atoms with Gasteiger partial charge in [-0.3, -0.25) is 9.59 Å². The molecule has 2 bridgehead atoms. The molecule has 2 aliphatic carbocycles. The average molecular weight is 279 g/mol. The first-order valence-corrected chi connectivity index (χ1v) is 8.08. The predicted molar refractivity (Wildman–Crippen MR) is 75.1 cm³/mol. The van der Waals surface area contributed by atoms with Crippen LogP contribution < -0.4 is 0 Å². The van der Waals surface area contributed by atoms with Crippen molar-refractivity contribution in [2.75, 3.05) is 13.1 Å². The Morgan fingerprint density at radius 2 is 2.10 bits per heavy atom. The highest BCUT2D eigenvalue weighted by Gasteiger charge is 2.47. The lowest BCUT2D eigenvalue weighted by Crippen LogP contribution is -2.51. The molecule has 0 radical (unpaired) electrons. The van der Waals surface area contributed by atoms with Crippen LogP contribution in [0.1, 0.15) is 51.9 Å². The minimum Gasteiger partial charge on any atom is -0.481 e. The second-order valence-corrected chi connectivity index (χ2v) is 7.08. The molecular formula is C16H25NO3. The molecule has 1 amide bonds. The van der Waals surface area contributed by atoms with Gasteiger partial charge in [-0.25, -0.2) is 0 Å². The Bertz CT molecular complexity index is 422. The molecule has 112 valence electrons. The molecule has 4 nitrogen and oxygen atoms in total. The van der Waals surface area contributed by atoms with E-state index < -0.39 is 11.4 Å². The van der Waals surface area contributed by atoms with Crippen LogP contribution in [0, 0.1) is 23.2 Å². The Balaban J connectivity index is 1.70. The summed E-state index contributed by atoms with van der Waals surface area (Å²) in [5, 5.41) is 9.52. The standard InChI is InChI=1S/C16H25NO3/c1-2-16(15(19)20)6-3-7-17(10-16)14(18)13-9-11-4-5-12(13)8-11/h11-13H,2-10H2,1H3,(H,19,20). The normalized spacial score (nSPS) is 40.0. The molecule has 0 spiro atoms. The molecule has 3 fully saturated rings. The molecular weight excluding hydrogens is 254 g/mol. The van der Waals surface area contributed by atoms with Crippen molar-refractivity contribution in [2.45, 2.75) is 51.9 Å². The number of piperidine rings is 1. The fourth-order valence-corrected chi connectivity index (χ4v) is 4.72. The Labute approximate surface area is 120 Å². The van der Waals surface area contributed by atoms with Crippen molar-refractivity contribution >= 4 is 11.9 Å². The number of carbonyl (C=O) groups is 2. The molecule has 0 aromatic rings. The van der Waals surface area contributed by atoms with Crippen molar-refractivity contribution in [1.82, 2.24) is 4.90 Å². The van der Waals surface area contributed by atoms with Gasteiger partial charge in [-0.1, -0.05) is 13.3 Å². The van der Waals surface area contributed by atoms with E-state index in [0.717, 1.165) is 25.3 Å². The van der Waals surface area contributed by atoms with Crippen LogP contribution in [0.5, 0.6) is 0 Å². The monoisotopic (exact) mass is 279 g/mol. The van der Waals surface area contributed by atoms with E-state index >= 15 is 0 Å². The summed E-state index contributed by atoms with van der Waals surface area (Å²) in [6.07, 6.45) is 6.92. The molecule has 2 saturated carbocycles. The molecule has 1 N–H and O–H groups in total. The number of carboxylic acid groups (broad SMARTS) is 1. The largest absolute Gasteiger partial charge is 0.481 e. The molecule has 1 heterocycles. The van der Waals surface area contributed by atoms with Crippen molar-refractivity contribution in [1.29, 1.82) is 0 Å². The lowest BCUT2D eigenvalue weighted by atomic mass is 9.77. The Morgan fingerprint density at radius 1 is 1.30 bits per heavy atom. The third-order valence-electron chi connectivity index (χ3n) is 6.07. The maximum absolute atomic E-state index is 12.7. The summed E-state index contributed by atoms with van der Waals surface area (Å²) < 4.78 is 0. The average Bonchev–Trinajstić information content (AvgIpc) is 3.09. The molecule has 4 heteroatoms. The van der Waals surface area contributed by atoms with E-state index in [4.69, 9.17) is 0 Å². The lowest BCUT2D eigenvalue weighted by molar-refractivity contribution is -0.156. The number of nitrogens with zero attached hydrogens (tertiary/aromatic N) is 1. The zero-order chi connectivity index (χ0) is 14.3. The van der Waals surface area contributed by atoms with Crippen molar-refractivity contribution in [2.24, 2.45) is 23.2 Å². The van der Waals surface area contributed by atoms with Crippen LogP contribution in [-0.2, 0) is 9.59 Å². The van der Waals surface area contributed by atoms with Crippen LogP contribution in [0.4, 0.5) is 0 Å². The topological polar surface area (TPSA) is 57.6 Å². The summed E-state index contributed by atoms with van der Waals surface area (Å²) in [5.74, 6) is 1.04. The van der Waals surface area contributed by atoms with Crippen molar-refractivity contribution in [3.8, 4) is 0 Å². The van der Waals surface area contributed by atoms with Gasteiger partial charge in [0.25, 0.3) is 0 Å². The summed E-state index contributed by atoms with van der Waals surface area (Å²) in [7, 11) is 0. The molecule has 0 aromatic carbocycles. The van der Waals surface area contributed by atoms with E-state index in [1.165, 1.54) is 19.3 Å².